The SMILES string of the molecule is NCC(N)c1cc[nH]c1C=O. The number of nitrogens with one attached hydrogen (secondary N) is 1. The van der Waals surface area contributed by atoms with E-state index in [1.807, 2.05) is 0 Å². The van der Waals surface area contributed by atoms with E-state index in [0.29, 0.717) is 12.2 Å². The number of rotatable bonds is 3. The van der Waals surface area contributed by atoms with Crippen molar-refractivity contribution in [3.63, 3.8) is 0 Å². The molecule has 1 aromatic heterocycles. The maximum Gasteiger partial charge on any atom is 0.166 e. The summed E-state index contributed by atoms with van der Waals surface area (Å²) in [4.78, 5) is 13.1. The number of aromatic amines is 1. The molecule has 4 nitrogen and oxygen atoms in total. The Kier molecular flexibility index (Phi) is 2.40. The van der Waals surface area contributed by atoms with Gasteiger partial charge in [-0.25, -0.2) is 0 Å². The second-order valence-electron chi connectivity index (χ2n) is 2.31. The van der Waals surface area contributed by atoms with Crippen LogP contribution in [-0.4, -0.2) is 17.8 Å². The summed E-state index contributed by atoms with van der Waals surface area (Å²) in [6.07, 6.45) is 2.42. The third-order valence-corrected chi connectivity index (χ3v) is 1.58. The van der Waals surface area contributed by atoms with Gasteiger partial charge < -0.3 is 16.5 Å². The summed E-state index contributed by atoms with van der Waals surface area (Å²) < 4.78 is 0. The van der Waals surface area contributed by atoms with E-state index in [1.165, 1.54) is 0 Å². The molecule has 0 radical (unpaired) electrons. The van der Waals surface area contributed by atoms with E-state index >= 15 is 0 Å². The molecule has 0 aromatic carbocycles. The van der Waals surface area contributed by atoms with Gasteiger partial charge in [0.1, 0.15) is 0 Å². The largest absolute Gasteiger partial charge is 0.359 e. The van der Waals surface area contributed by atoms with Crippen molar-refractivity contribution in [1.82, 2.24) is 4.98 Å². The minimum atomic E-state index is -0.249. The summed E-state index contributed by atoms with van der Waals surface area (Å²) in [6, 6.07) is 1.52. The molecule has 1 unspecified atom stereocenters. The molecule has 0 aliphatic rings. The molecule has 0 spiro atoms. The molecule has 4 heteroatoms. The highest BCUT2D eigenvalue weighted by atomic mass is 16.1. The van der Waals surface area contributed by atoms with Crippen LogP contribution >= 0.6 is 0 Å². The smallest absolute Gasteiger partial charge is 0.166 e. The van der Waals surface area contributed by atoms with Crippen LogP contribution in [0.15, 0.2) is 12.3 Å². The molecule has 1 atom stereocenters. The predicted molar refractivity (Wildman–Crippen MR) is 42.2 cm³/mol. The Morgan fingerprint density at radius 2 is 2.45 bits per heavy atom. The monoisotopic (exact) mass is 153 g/mol. The van der Waals surface area contributed by atoms with Gasteiger partial charge in [0.25, 0.3) is 0 Å². The van der Waals surface area contributed by atoms with Crippen LogP contribution in [0, 0.1) is 0 Å². The number of aromatic nitrogens is 1. The molecule has 0 aliphatic carbocycles. The van der Waals surface area contributed by atoms with Gasteiger partial charge in [0.15, 0.2) is 6.29 Å². The lowest BCUT2D eigenvalue weighted by atomic mass is 10.1. The average Bonchev–Trinajstić information content (AvgIpc) is 2.50. The van der Waals surface area contributed by atoms with Crippen molar-refractivity contribution < 1.29 is 4.79 Å². The second kappa shape index (κ2) is 3.32. The minimum absolute atomic E-state index is 0.249. The quantitative estimate of drug-likeness (QED) is 0.525. The zero-order chi connectivity index (χ0) is 8.27. The Balaban J connectivity index is 2.92. The summed E-state index contributed by atoms with van der Waals surface area (Å²) in [7, 11) is 0. The maximum atomic E-state index is 10.4. The van der Waals surface area contributed by atoms with E-state index in [2.05, 4.69) is 4.98 Å². The number of hydrogen-bond acceptors (Lipinski definition) is 3. The maximum absolute atomic E-state index is 10.4. The highest BCUT2D eigenvalue weighted by Crippen LogP contribution is 2.11. The zero-order valence-corrected chi connectivity index (χ0v) is 6.08. The van der Waals surface area contributed by atoms with E-state index in [-0.39, 0.29) is 6.04 Å². The van der Waals surface area contributed by atoms with Gasteiger partial charge in [-0.2, -0.15) is 0 Å². The summed E-state index contributed by atoms with van der Waals surface area (Å²) in [5.74, 6) is 0. The third-order valence-electron chi connectivity index (χ3n) is 1.58. The summed E-state index contributed by atoms with van der Waals surface area (Å²) in [5.41, 5.74) is 12.2. The lowest BCUT2D eigenvalue weighted by Crippen LogP contribution is -2.21. The Bertz CT molecular complexity index is 244. The van der Waals surface area contributed by atoms with Crippen LogP contribution in [0.4, 0.5) is 0 Å². The highest BCUT2D eigenvalue weighted by molar-refractivity contribution is 5.74. The van der Waals surface area contributed by atoms with Crippen molar-refractivity contribution in [1.29, 1.82) is 0 Å². The molecule has 1 rings (SSSR count). The summed E-state index contributed by atoms with van der Waals surface area (Å²) in [6.45, 7) is 0.346. The number of aldehydes is 1. The van der Waals surface area contributed by atoms with Gasteiger partial charge in [0.05, 0.1) is 5.69 Å². The molecule has 60 valence electrons. The molecule has 1 heterocycles. The third kappa shape index (κ3) is 1.47. The highest BCUT2D eigenvalue weighted by Gasteiger charge is 2.08. The van der Waals surface area contributed by atoms with E-state index in [1.54, 1.807) is 12.3 Å². The van der Waals surface area contributed by atoms with Crippen LogP contribution < -0.4 is 11.5 Å². The lowest BCUT2D eigenvalue weighted by molar-refractivity contribution is 0.111. The van der Waals surface area contributed by atoms with Crippen molar-refractivity contribution in [3.8, 4) is 0 Å². The molecule has 1 aromatic rings. The fraction of sp³-hybridized carbons (Fsp3) is 0.286. The van der Waals surface area contributed by atoms with Gasteiger partial charge in [-0.1, -0.05) is 0 Å². The number of H-pyrrole nitrogens is 1. The molecular formula is C7H11N3O. The molecule has 0 saturated carbocycles. The van der Waals surface area contributed by atoms with Crippen LogP contribution in [-0.2, 0) is 0 Å². The Labute approximate surface area is 64.6 Å². The second-order valence-corrected chi connectivity index (χ2v) is 2.31. The van der Waals surface area contributed by atoms with Gasteiger partial charge in [-0.05, 0) is 11.6 Å². The van der Waals surface area contributed by atoms with Crippen LogP contribution in [0.5, 0.6) is 0 Å². The van der Waals surface area contributed by atoms with Gasteiger partial charge in [-0.3, -0.25) is 4.79 Å². The van der Waals surface area contributed by atoms with Crippen LogP contribution in [0.1, 0.15) is 22.1 Å². The molecule has 0 amide bonds. The zero-order valence-electron chi connectivity index (χ0n) is 6.08. The number of hydrogen-bond donors (Lipinski definition) is 3. The summed E-state index contributed by atoms with van der Waals surface area (Å²) >= 11 is 0. The van der Waals surface area contributed by atoms with E-state index in [4.69, 9.17) is 11.5 Å². The number of nitrogens with two attached hydrogens (primary N) is 2. The van der Waals surface area contributed by atoms with E-state index in [9.17, 15) is 4.79 Å². The van der Waals surface area contributed by atoms with Crippen molar-refractivity contribution in [2.45, 2.75) is 6.04 Å². The first-order valence-electron chi connectivity index (χ1n) is 3.37. The topological polar surface area (TPSA) is 84.9 Å². The Morgan fingerprint density at radius 3 is 3.00 bits per heavy atom. The van der Waals surface area contributed by atoms with Crippen molar-refractivity contribution in [2.75, 3.05) is 6.54 Å². The average molecular weight is 153 g/mol. The Morgan fingerprint density at radius 1 is 1.73 bits per heavy atom. The molecule has 0 fully saturated rings. The normalized spacial score (nSPS) is 12.9. The molecule has 11 heavy (non-hydrogen) atoms. The van der Waals surface area contributed by atoms with Crippen LogP contribution in [0.3, 0.4) is 0 Å². The lowest BCUT2D eigenvalue weighted by Gasteiger charge is -2.05. The Hall–Kier alpha value is -1.13. The van der Waals surface area contributed by atoms with E-state index < -0.39 is 0 Å². The van der Waals surface area contributed by atoms with Crippen molar-refractivity contribution in [3.05, 3.63) is 23.5 Å². The van der Waals surface area contributed by atoms with Crippen LogP contribution in [0.2, 0.25) is 0 Å². The first-order valence-corrected chi connectivity index (χ1v) is 3.37. The molecule has 0 saturated heterocycles. The molecule has 0 bridgehead atoms. The molecule has 5 N–H and O–H groups in total. The fourth-order valence-electron chi connectivity index (χ4n) is 0.947. The van der Waals surface area contributed by atoms with Gasteiger partial charge in [0, 0.05) is 18.8 Å². The molecular weight excluding hydrogens is 142 g/mol. The molecule has 0 aliphatic heterocycles. The standard InChI is InChI=1S/C7H11N3O/c8-3-6(9)5-1-2-10-7(5)4-11/h1-2,4,6,10H,3,8-9H2. The van der Waals surface area contributed by atoms with Crippen molar-refractivity contribution in [2.24, 2.45) is 11.5 Å². The fourth-order valence-corrected chi connectivity index (χ4v) is 0.947. The van der Waals surface area contributed by atoms with Gasteiger partial charge in [0.2, 0.25) is 0 Å². The minimum Gasteiger partial charge on any atom is -0.359 e. The van der Waals surface area contributed by atoms with Gasteiger partial charge in [-0.15, -0.1) is 0 Å². The number of carbonyl (C=O) groups is 1. The first kappa shape index (κ1) is 7.97. The van der Waals surface area contributed by atoms with Crippen LogP contribution in [0.25, 0.3) is 0 Å². The first-order chi connectivity index (χ1) is 5.29. The summed E-state index contributed by atoms with van der Waals surface area (Å²) in [5, 5.41) is 0. The predicted octanol–water partition coefficient (Wildman–Crippen LogP) is -0.214. The van der Waals surface area contributed by atoms with Gasteiger partial charge >= 0.3 is 0 Å². The van der Waals surface area contributed by atoms with E-state index in [0.717, 1.165) is 11.8 Å². The number of carbonyl (C=O) groups excluding carboxylic acids is 1. The van der Waals surface area contributed by atoms with Crippen molar-refractivity contribution >= 4 is 6.29 Å².